The standard InChI is InChI=1S/C14H23NO6/c1-7-20-13(18)15-10(8-9(2)11(16)19-6)12(17)21-14(3,4)5/h10H,2,7-8H2,1,3-6H3,(H,15,18)/t10-/m0/s1. The minimum Gasteiger partial charge on any atom is -0.466 e. The highest BCUT2D eigenvalue weighted by molar-refractivity contribution is 5.90. The first-order chi connectivity index (χ1) is 9.60. The largest absolute Gasteiger partial charge is 0.466 e. The highest BCUT2D eigenvalue weighted by Crippen LogP contribution is 2.13. The van der Waals surface area contributed by atoms with Gasteiger partial charge in [0, 0.05) is 12.0 Å². The summed E-state index contributed by atoms with van der Waals surface area (Å²) in [7, 11) is 1.20. The number of esters is 2. The van der Waals surface area contributed by atoms with Gasteiger partial charge in [0.2, 0.25) is 0 Å². The van der Waals surface area contributed by atoms with Gasteiger partial charge in [-0.15, -0.1) is 0 Å². The molecule has 1 N–H and O–H groups in total. The molecule has 21 heavy (non-hydrogen) atoms. The molecular weight excluding hydrogens is 278 g/mol. The molecule has 7 nitrogen and oxygen atoms in total. The first kappa shape index (κ1) is 18.9. The maximum absolute atomic E-state index is 12.1. The third kappa shape index (κ3) is 7.96. The van der Waals surface area contributed by atoms with Gasteiger partial charge in [0.05, 0.1) is 13.7 Å². The minimum atomic E-state index is -1.07. The number of carbonyl (C=O) groups is 3. The molecule has 1 amide bonds. The molecule has 1 atom stereocenters. The zero-order valence-corrected chi connectivity index (χ0v) is 13.1. The Morgan fingerprint density at radius 2 is 1.81 bits per heavy atom. The molecule has 0 aromatic heterocycles. The van der Waals surface area contributed by atoms with Crippen molar-refractivity contribution in [3.05, 3.63) is 12.2 Å². The summed E-state index contributed by atoms with van der Waals surface area (Å²) in [6.45, 7) is 10.4. The van der Waals surface area contributed by atoms with Crippen molar-refractivity contribution in [2.45, 2.75) is 45.8 Å². The maximum atomic E-state index is 12.1. The number of methoxy groups -OCH3 is 1. The number of hydrogen-bond acceptors (Lipinski definition) is 6. The van der Waals surface area contributed by atoms with Crippen molar-refractivity contribution >= 4 is 18.0 Å². The number of carbonyl (C=O) groups excluding carboxylic acids is 3. The molecule has 0 heterocycles. The molecule has 0 aliphatic rings. The van der Waals surface area contributed by atoms with Gasteiger partial charge in [0.15, 0.2) is 0 Å². The molecule has 0 unspecified atom stereocenters. The number of amides is 1. The quantitative estimate of drug-likeness (QED) is 0.455. The van der Waals surface area contributed by atoms with Crippen LogP contribution >= 0.6 is 0 Å². The second-order valence-electron chi connectivity index (χ2n) is 5.25. The summed E-state index contributed by atoms with van der Waals surface area (Å²) < 4.78 is 14.4. The zero-order valence-electron chi connectivity index (χ0n) is 13.1. The van der Waals surface area contributed by atoms with Crippen LogP contribution < -0.4 is 5.32 Å². The fourth-order valence-corrected chi connectivity index (χ4v) is 1.36. The Labute approximate surface area is 124 Å². The van der Waals surface area contributed by atoms with Crippen LogP contribution in [-0.2, 0) is 23.8 Å². The maximum Gasteiger partial charge on any atom is 0.407 e. The average molecular weight is 301 g/mol. The summed E-state index contributed by atoms with van der Waals surface area (Å²) in [6.07, 6.45) is -0.897. The molecule has 0 aliphatic carbocycles. The van der Waals surface area contributed by atoms with Gasteiger partial charge in [-0.25, -0.2) is 14.4 Å². The Bertz CT molecular complexity index is 410. The summed E-state index contributed by atoms with van der Waals surface area (Å²) in [6, 6.07) is -1.07. The van der Waals surface area contributed by atoms with E-state index in [1.807, 2.05) is 0 Å². The number of nitrogens with one attached hydrogen (secondary N) is 1. The molecule has 120 valence electrons. The lowest BCUT2D eigenvalue weighted by atomic mass is 10.1. The Morgan fingerprint density at radius 3 is 2.24 bits per heavy atom. The van der Waals surface area contributed by atoms with Crippen LogP contribution in [-0.4, -0.2) is 43.4 Å². The predicted molar refractivity (Wildman–Crippen MR) is 75.6 cm³/mol. The van der Waals surface area contributed by atoms with Crippen LogP contribution in [0.4, 0.5) is 4.79 Å². The number of alkyl carbamates (subject to hydrolysis) is 1. The molecule has 0 bridgehead atoms. The molecule has 0 rings (SSSR count). The number of rotatable bonds is 6. The van der Waals surface area contributed by atoms with Gasteiger partial charge < -0.3 is 19.5 Å². The lowest BCUT2D eigenvalue weighted by Crippen LogP contribution is -2.45. The molecular formula is C14H23NO6. The SMILES string of the molecule is C=C(C[C@H](NC(=O)OCC)C(=O)OC(C)(C)C)C(=O)OC. The molecule has 7 heteroatoms. The summed E-state index contributed by atoms with van der Waals surface area (Å²) in [5, 5.41) is 2.35. The van der Waals surface area contributed by atoms with Gasteiger partial charge in [0.1, 0.15) is 11.6 Å². The van der Waals surface area contributed by atoms with Crippen LogP contribution in [0, 0.1) is 0 Å². The molecule has 0 aromatic rings. The normalized spacial score (nSPS) is 12.0. The molecule has 0 saturated heterocycles. The molecule has 0 radical (unpaired) electrons. The molecule has 0 aliphatic heterocycles. The van der Waals surface area contributed by atoms with E-state index in [9.17, 15) is 14.4 Å². The molecule has 0 fully saturated rings. The van der Waals surface area contributed by atoms with E-state index in [4.69, 9.17) is 9.47 Å². The van der Waals surface area contributed by atoms with Gasteiger partial charge in [-0.2, -0.15) is 0 Å². The van der Waals surface area contributed by atoms with E-state index < -0.39 is 29.7 Å². The van der Waals surface area contributed by atoms with Crippen LogP contribution in [0.1, 0.15) is 34.1 Å². The van der Waals surface area contributed by atoms with Gasteiger partial charge in [-0.05, 0) is 27.7 Å². The lowest BCUT2D eigenvalue weighted by molar-refractivity contribution is -0.157. The van der Waals surface area contributed by atoms with Crippen molar-refractivity contribution in [1.82, 2.24) is 5.32 Å². The van der Waals surface area contributed by atoms with Crippen LogP contribution in [0.15, 0.2) is 12.2 Å². The highest BCUT2D eigenvalue weighted by Gasteiger charge is 2.29. The van der Waals surface area contributed by atoms with E-state index in [-0.39, 0.29) is 18.6 Å². The van der Waals surface area contributed by atoms with Crippen molar-refractivity contribution in [2.75, 3.05) is 13.7 Å². The van der Waals surface area contributed by atoms with Crippen molar-refractivity contribution in [2.24, 2.45) is 0 Å². The van der Waals surface area contributed by atoms with E-state index >= 15 is 0 Å². The van der Waals surface area contributed by atoms with Crippen LogP contribution in [0.3, 0.4) is 0 Å². The summed E-state index contributed by atoms with van der Waals surface area (Å²) in [5.74, 6) is -1.34. The monoisotopic (exact) mass is 301 g/mol. The summed E-state index contributed by atoms with van der Waals surface area (Å²) >= 11 is 0. The van der Waals surface area contributed by atoms with Gasteiger partial charge in [-0.3, -0.25) is 0 Å². The van der Waals surface area contributed by atoms with Crippen molar-refractivity contribution in [1.29, 1.82) is 0 Å². The van der Waals surface area contributed by atoms with Crippen molar-refractivity contribution in [3.8, 4) is 0 Å². The van der Waals surface area contributed by atoms with E-state index in [2.05, 4.69) is 16.6 Å². The summed E-state index contributed by atoms with van der Waals surface area (Å²) in [5.41, 5.74) is -0.677. The Hall–Kier alpha value is -2.05. The highest BCUT2D eigenvalue weighted by atomic mass is 16.6. The van der Waals surface area contributed by atoms with Gasteiger partial charge in [0.25, 0.3) is 0 Å². The summed E-state index contributed by atoms with van der Waals surface area (Å²) in [4.78, 5) is 34.9. The van der Waals surface area contributed by atoms with E-state index in [1.165, 1.54) is 7.11 Å². The minimum absolute atomic E-state index is 0.0464. The molecule has 0 spiro atoms. The number of hydrogen-bond donors (Lipinski definition) is 1. The zero-order chi connectivity index (χ0) is 16.6. The Kier molecular flexibility index (Phi) is 7.48. The smallest absolute Gasteiger partial charge is 0.407 e. The van der Waals surface area contributed by atoms with Crippen LogP contribution in [0.2, 0.25) is 0 Å². The average Bonchev–Trinajstić information content (AvgIpc) is 2.35. The topological polar surface area (TPSA) is 90.9 Å². The van der Waals surface area contributed by atoms with Crippen molar-refractivity contribution < 1.29 is 28.6 Å². The van der Waals surface area contributed by atoms with Gasteiger partial charge >= 0.3 is 18.0 Å². The first-order valence-corrected chi connectivity index (χ1v) is 6.53. The molecule has 0 saturated carbocycles. The fraction of sp³-hybridized carbons (Fsp3) is 0.643. The third-order valence-electron chi connectivity index (χ3n) is 2.18. The van der Waals surface area contributed by atoms with E-state index in [1.54, 1.807) is 27.7 Å². The predicted octanol–water partition coefficient (Wildman–Crippen LogP) is 1.56. The van der Waals surface area contributed by atoms with Crippen LogP contribution in [0.5, 0.6) is 0 Å². The van der Waals surface area contributed by atoms with Gasteiger partial charge in [-0.1, -0.05) is 6.58 Å². The second-order valence-corrected chi connectivity index (χ2v) is 5.25. The van der Waals surface area contributed by atoms with E-state index in [0.717, 1.165) is 0 Å². The third-order valence-corrected chi connectivity index (χ3v) is 2.18. The number of ether oxygens (including phenoxy) is 3. The fourth-order valence-electron chi connectivity index (χ4n) is 1.36. The Balaban J connectivity index is 4.92. The Morgan fingerprint density at radius 1 is 1.24 bits per heavy atom. The first-order valence-electron chi connectivity index (χ1n) is 6.53. The van der Waals surface area contributed by atoms with Crippen LogP contribution in [0.25, 0.3) is 0 Å². The van der Waals surface area contributed by atoms with Crippen molar-refractivity contribution in [3.63, 3.8) is 0 Å². The van der Waals surface area contributed by atoms with E-state index in [0.29, 0.717) is 0 Å². The molecule has 0 aromatic carbocycles. The second kappa shape index (κ2) is 8.28. The lowest BCUT2D eigenvalue weighted by Gasteiger charge is -2.24.